The molecule has 0 spiro atoms. The molecule has 154 valence electrons. The molecule has 4 heterocycles. The fourth-order valence-corrected chi connectivity index (χ4v) is 4.51. The van der Waals surface area contributed by atoms with Crippen LogP contribution in [0.5, 0.6) is 0 Å². The molecule has 3 aromatic heterocycles. The highest BCUT2D eigenvalue weighted by atomic mass is 16.5. The predicted molar refractivity (Wildman–Crippen MR) is 114 cm³/mol. The van der Waals surface area contributed by atoms with Crippen molar-refractivity contribution in [1.82, 2.24) is 24.6 Å². The number of aromatic nitrogens is 5. The Morgan fingerprint density at radius 2 is 1.97 bits per heavy atom. The topological polar surface area (TPSA) is 77.2 Å². The van der Waals surface area contributed by atoms with Crippen LogP contribution < -0.4 is 5.32 Å². The number of anilines is 1. The molecule has 1 N–H and O–H groups in total. The lowest BCUT2D eigenvalue weighted by atomic mass is 10.0. The number of hydrogen-bond acceptors (Lipinski definition) is 6. The van der Waals surface area contributed by atoms with Gasteiger partial charge < -0.3 is 10.1 Å². The van der Waals surface area contributed by atoms with Gasteiger partial charge in [-0.3, -0.25) is 0 Å². The molecule has 30 heavy (non-hydrogen) atoms. The average Bonchev–Trinajstić information content (AvgIpc) is 3.57. The Hall–Kier alpha value is -2.80. The van der Waals surface area contributed by atoms with Crippen LogP contribution in [0.4, 0.5) is 5.95 Å². The predicted octanol–water partition coefficient (Wildman–Crippen LogP) is 3.76. The zero-order chi connectivity index (χ0) is 19.9. The molecule has 1 aliphatic heterocycles. The first-order valence-corrected chi connectivity index (χ1v) is 11.1. The van der Waals surface area contributed by atoms with E-state index in [-0.39, 0.29) is 0 Å². The van der Waals surface area contributed by atoms with E-state index in [1.807, 2.05) is 23.1 Å². The van der Waals surface area contributed by atoms with Crippen molar-refractivity contribution in [2.24, 2.45) is 0 Å². The van der Waals surface area contributed by atoms with Crippen molar-refractivity contribution in [1.29, 1.82) is 0 Å². The van der Waals surface area contributed by atoms with Crippen LogP contribution in [0, 0.1) is 0 Å². The molecular formula is C23H26N6O. The first kappa shape index (κ1) is 18.0. The largest absolute Gasteiger partial charge is 0.381 e. The molecule has 7 heteroatoms. The van der Waals surface area contributed by atoms with Gasteiger partial charge in [-0.2, -0.15) is 5.10 Å². The van der Waals surface area contributed by atoms with Gasteiger partial charge in [0.2, 0.25) is 5.95 Å². The highest BCUT2D eigenvalue weighted by Crippen LogP contribution is 2.41. The van der Waals surface area contributed by atoms with Crippen molar-refractivity contribution in [2.75, 3.05) is 18.5 Å². The van der Waals surface area contributed by atoms with Crippen LogP contribution in [0.15, 0.2) is 30.7 Å². The molecule has 0 amide bonds. The monoisotopic (exact) mass is 402 g/mol. The SMILES string of the molecule is C1=C(c2ccn3ncc(C4CC4)c3n2)c2cnc(NC3CCOCC3)nc2CCC1. The molecule has 3 aromatic rings. The number of ether oxygens (including phenoxy) is 1. The molecule has 0 aromatic carbocycles. The number of aryl methyl sites for hydroxylation is 1. The molecule has 0 atom stereocenters. The van der Waals surface area contributed by atoms with Gasteiger partial charge in [0.05, 0.1) is 17.6 Å². The molecular weight excluding hydrogens is 376 g/mol. The Labute approximate surface area is 175 Å². The summed E-state index contributed by atoms with van der Waals surface area (Å²) in [6.07, 6.45) is 15.9. The number of rotatable bonds is 4. The first-order chi connectivity index (χ1) is 14.8. The number of allylic oxidation sites excluding steroid dienone is 1. The maximum Gasteiger partial charge on any atom is 0.223 e. The molecule has 1 saturated heterocycles. The van der Waals surface area contributed by atoms with Crippen molar-refractivity contribution in [3.63, 3.8) is 0 Å². The van der Waals surface area contributed by atoms with Crippen LogP contribution in [0.3, 0.4) is 0 Å². The van der Waals surface area contributed by atoms with E-state index in [0.717, 1.165) is 79.4 Å². The molecule has 2 fully saturated rings. The minimum absolute atomic E-state index is 0.393. The second-order valence-corrected chi connectivity index (χ2v) is 8.55. The summed E-state index contributed by atoms with van der Waals surface area (Å²) >= 11 is 0. The average molecular weight is 403 g/mol. The Morgan fingerprint density at radius 1 is 1.07 bits per heavy atom. The van der Waals surface area contributed by atoms with E-state index in [9.17, 15) is 0 Å². The van der Waals surface area contributed by atoms with E-state index in [0.29, 0.717) is 12.0 Å². The van der Waals surface area contributed by atoms with Crippen LogP contribution in [0.25, 0.3) is 11.2 Å². The standard InChI is InChI=1S/C23H26N6O/c1-2-4-20-19(13-24-23(28-20)26-16-8-11-30-12-9-16)17(3-1)21-7-10-29-22(27-21)18(14-25-29)15-5-6-15/h3,7,10,13-16H,1-2,4-6,8-9,11-12H2,(H,24,26,28). The summed E-state index contributed by atoms with van der Waals surface area (Å²) in [6, 6.07) is 2.45. The minimum Gasteiger partial charge on any atom is -0.381 e. The molecule has 1 saturated carbocycles. The lowest BCUT2D eigenvalue weighted by Gasteiger charge is -2.23. The summed E-state index contributed by atoms with van der Waals surface area (Å²) in [4.78, 5) is 14.6. The fraction of sp³-hybridized carbons (Fsp3) is 0.478. The summed E-state index contributed by atoms with van der Waals surface area (Å²) in [7, 11) is 0. The van der Waals surface area contributed by atoms with Gasteiger partial charge in [-0.25, -0.2) is 19.5 Å². The Balaban J connectivity index is 1.34. The summed E-state index contributed by atoms with van der Waals surface area (Å²) in [5, 5.41) is 7.99. The van der Waals surface area contributed by atoms with Crippen molar-refractivity contribution < 1.29 is 4.74 Å². The smallest absolute Gasteiger partial charge is 0.223 e. The Kier molecular flexibility index (Phi) is 4.48. The van der Waals surface area contributed by atoms with Gasteiger partial charge in [-0.1, -0.05) is 6.08 Å². The van der Waals surface area contributed by atoms with Gasteiger partial charge in [0.25, 0.3) is 0 Å². The van der Waals surface area contributed by atoms with E-state index < -0.39 is 0 Å². The second-order valence-electron chi connectivity index (χ2n) is 8.55. The molecule has 7 nitrogen and oxygen atoms in total. The molecule has 2 aliphatic carbocycles. The molecule has 0 bridgehead atoms. The zero-order valence-corrected chi connectivity index (χ0v) is 17.0. The van der Waals surface area contributed by atoms with Gasteiger partial charge in [0.15, 0.2) is 5.65 Å². The van der Waals surface area contributed by atoms with Gasteiger partial charge in [0.1, 0.15) is 0 Å². The van der Waals surface area contributed by atoms with Gasteiger partial charge in [-0.15, -0.1) is 0 Å². The summed E-state index contributed by atoms with van der Waals surface area (Å²) in [5.74, 6) is 1.36. The van der Waals surface area contributed by atoms with E-state index >= 15 is 0 Å². The van der Waals surface area contributed by atoms with Crippen LogP contribution >= 0.6 is 0 Å². The van der Waals surface area contributed by atoms with E-state index in [1.54, 1.807) is 0 Å². The number of fused-ring (bicyclic) bond motifs is 2. The van der Waals surface area contributed by atoms with Crippen molar-refractivity contribution in [2.45, 2.75) is 56.9 Å². The van der Waals surface area contributed by atoms with Gasteiger partial charge in [-0.05, 0) is 56.9 Å². The molecule has 3 aliphatic rings. The third-order valence-electron chi connectivity index (χ3n) is 6.37. The summed E-state index contributed by atoms with van der Waals surface area (Å²) < 4.78 is 7.35. The second kappa shape index (κ2) is 7.47. The first-order valence-electron chi connectivity index (χ1n) is 11.1. The van der Waals surface area contributed by atoms with Crippen molar-refractivity contribution >= 4 is 17.2 Å². The lowest BCUT2D eigenvalue weighted by molar-refractivity contribution is 0.0903. The van der Waals surface area contributed by atoms with Crippen molar-refractivity contribution in [3.05, 3.63) is 53.2 Å². The minimum atomic E-state index is 0.393. The third kappa shape index (κ3) is 3.37. The number of hydrogen-bond donors (Lipinski definition) is 1. The highest BCUT2D eigenvalue weighted by Gasteiger charge is 2.28. The van der Waals surface area contributed by atoms with Gasteiger partial charge >= 0.3 is 0 Å². The van der Waals surface area contributed by atoms with E-state index in [4.69, 9.17) is 14.7 Å². The molecule has 0 radical (unpaired) electrons. The summed E-state index contributed by atoms with van der Waals surface area (Å²) in [5.41, 5.74) is 6.61. The van der Waals surface area contributed by atoms with Crippen LogP contribution in [0.2, 0.25) is 0 Å². The maximum atomic E-state index is 5.46. The Morgan fingerprint density at radius 3 is 2.83 bits per heavy atom. The lowest BCUT2D eigenvalue weighted by Crippen LogP contribution is -2.28. The maximum absolute atomic E-state index is 5.46. The molecule has 6 rings (SSSR count). The van der Waals surface area contributed by atoms with Crippen LogP contribution in [-0.2, 0) is 11.2 Å². The van der Waals surface area contributed by atoms with E-state index in [1.165, 1.54) is 18.4 Å². The van der Waals surface area contributed by atoms with Gasteiger partial charge in [0, 0.05) is 48.3 Å². The van der Waals surface area contributed by atoms with Crippen LogP contribution in [0.1, 0.15) is 67.0 Å². The summed E-state index contributed by atoms with van der Waals surface area (Å²) in [6.45, 7) is 1.61. The van der Waals surface area contributed by atoms with E-state index in [2.05, 4.69) is 27.5 Å². The quantitative estimate of drug-likeness (QED) is 0.716. The highest BCUT2D eigenvalue weighted by molar-refractivity contribution is 5.80. The van der Waals surface area contributed by atoms with Crippen molar-refractivity contribution in [3.8, 4) is 0 Å². The Bertz CT molecular complexity index is 1110. The number of nitrogens with one attached hydrogen (secondary N) is 1. The zero-order valence-electron chi connectivity index (χ0n) is 17.0. The fourth-order valence-electron chi connectivity index (χ4n) is 4.51. The normalized spacial score (nSPS) is 19.9. The molecule has 0 unspecified atom stereocenters. The van der Waals surface area contributed by atoms with Crippen LogP contribution in [-0.4, -0.2) is 43.8 Å². The number of nitrogens with zero attached hydrogens (tertiary/aromatic N) is 5. The third-order valence-corrected chi connectivity index (χ3v) is 6.37.